The number of anilines is 1. The van der Waals surface area contributed by atoms with Crippen LogP contribution in [0.15, 0.2) is 42.5 Å². The molecule has 0 radical (unpaired) electrons. The third kappa shape index (κ3) is 3.52. The van der Waals surface area contributed by atoms with Gasteiger partial charge in [0, 0.05) is 11.1 Å². The van der Waals surface area contributed by atoms with Gasteiger partial charge in [0.25, 0.3) is 5.91 Å². The van der Waals surface area contributed by atoms with Crippen molar-refractivity contribution in [1.82, 2.24) is 9.78 Å². The van der Waals surface area contributed by atoms with E-state index in [9.17, 15) is 13.2 Å². The number of aromatic nitrogens is 2. The van der Waals surface area contributed by atoms with E-state index in [4.69, 9.17) is 9.47 Å². The van der Waals surface area contributed by atoms with Crippen LogP contribution in [0.2, 0.25) is 0 Å². The summed E-state index contributed by atoms with van der Waals surface area (Å²) in [6, 6.07) is 12.4. The van der Waals surface area contributed by atoms with E-state index in [0.29, 0.717) is 34.1 Å². The van der Waals surface area contributed by atoms with Crippen molar-refractivity contribution in [2.75, 3.05) is 19.5 Å². The van der Waals surface area contributed by atoms with Gasteiger partial charge in [-0.2, -0.15) is 5.10 Å². The number of ether oxygens (including phenoxy) is 2. The average Bonchev–Trinajstić information content (AvgIpc) is 3.20. The largest absolute Gasteiger partial charge is 0.493 e. The highest BCUT2D eigenvalue weighted by Gasteiger charge is 2.33. The van der Waals surface area contributed by atoms with Gasteiger partial charge >= 0.3 is 0 Å². The molecule has 0 atom stereocenters. The van der Waals surface area contributed by atoms with Crippen molar-refractivity contribution >= 4 is 21.6 Å². The number of fused-ring (bicyclic) bond motifs is 1. The van der Waals surface area contributed by atoms with Gasteiger partial charge in [-0.05, 0) is 36.8 Å². The van der Waals surface area contributed by atoms with Crippen molar-refractivity contribution in [3.63, 3.8) is 0 Å². The van der Waals surface area contributed by atoms with Gasteiger partial charge in [0.15, 0.2) is 21.3 Å². The van der Waals surface area contributed by atoms with Crippen molar-refractivity contribution in [2.45, 2.75) is 18.4 Å². The van der Waals surface area contributed by atoms with Gasteiger partial charge in [-0.3, -0.25) is 4.79 Å². The van der Waals surface area contributed by atoms with Crippen molar-refractivity contribution in [3.8, 4) is 17.2 Å². The van der Waals surface area contributed by atoms with Crippen LogP contribution in [-0.4, -0.2) is 38.3 Å². The quantitative estimate of drug-likeness (QED) is 0.672. The summed E-state index contributed by atoms with van der Waals surface area (Å²) in [5.41, 5.74) is 3.04. The van der Waals surface area contributed by atoms with Gasteiger partial charge in [0.05, 0.1) is 37.1 Å². The molecule has 4 rings (SSSR count). The number of benzene rings is 2. The molecule has 2 aromatic carbocycles. The van der Waals surface area contributed by atoms with Crippen molar-refractivity contribution in [2.24, 2.45) is 0 Å². The molecular formula is C21H21N3O5S. The minimum absolute atomic E-state index is 0.138. The lowest BCUT2D eigenvalue weighted by molar-refractivity contribution is 0.102. The fourth-order valence-corrected chi connectivity index (χ4v) is 5.00. The van der Waals surface area contributed by atoms with Crippen molar-refractivity contribution in [3.05, 3.63) is 64.8 Å². The molecular weight excluding hydrogens is 406 g/mol. The first-order chi connectivity index (χ1) is 14.3. The molecule has 0 spiro atoms. The first-order valence-corrected chi connectivity index (χ1v) is 11.1. The van der Waals surface area contributed by atoms with Crippen LogP contribution in [0.3, 0.4) is 0 Å². The van der Waals surface area contributed by atoms with E-state index in [-0.39, 0.29) is 11.5 Å². The molecule has 3 aromatic rings. The summed E-state index contributed by atoms with van der Waals surface area (Å²) in [5, 5.41) is 7.36. The van der Waals surface area contributed by atoms with Crippen LogP contribution in [0.4, 0.5) is 5.82 Å². The second kappa shape index (κ2) is 7.49. The molecule has 1 amide bonds. The molecule has 9 heteroatoms. The zero-order valence-electron chi connectivity index (χ0n) is 16.8. The highest BCUT2D eigenvalue weighted by atomic mass is 32.2. The fourth-order valence-electron chi connectivity index (χ4n) is 3.50. The second-order valence-corrected chi connectivity index (χ2v) is 9.09. The number of amides is 1. The molecule has 1 aliphatic heterocycles. The molecule has 0 bridgehead atoms. The highest BCUT2D eigenvalue weighted by molar-refractivity contribution is 7.90. The Morgan fingerprint density at radius 1 is 1.07 bits per heavy atom. The normalized spacial score (nSPS) is 14.2. The molecule has 8 nitrogen and oxygen atoms in total. The van der Waals surface area contributed by atoms with Gasteiger partial charge in [-0.1, -0.05) is 18.2 Å². The van der Waals surface area contributed by atoms with E-state index in [0.717, 1.165) is 11.3 Å². The lowest BCUT2D eigenvalue weighted by Crippen LogP contribution is -2.17. The number of carbonyl (C=O) groups excluding carboxylic acids is 1. The maximum absolute atomic E-state index is 13.0. The molecule has 1 N–H and O–H groups in total. The van der Waals surface area contributed by atoms with Crippen LogP contribution in [-0.2, 0) is 21.3 Å². The SMILES string of the molecule is COc1ccc(C(=O)Nc2c3c(nn2-c2ccccc2C)CS(=O)(=O)C3)cc1OC. The Bertz CT molecular complexity index is 1250. The minimum atomic E-state index is -3.28. The van der Waals surface area contributed by atoms with Crippen molar-refractivity contribution < 1.29 is 22.7 Å². The van der Waals surface area contributed by atoms with Gasteiger partial charge in [0.2, 0.25) is 0 Å². The van der Waals surface area contributed by atoms with Crippen molar-refractivity contribution in [1.29, 1.82) is 0 Å². The number of para-hydroxylation sites is 1. The molecule has 30 heavy (non-hydrogen) atoms. The monoisotopic (exact) mass is 427 g/mol. The highest BCUT2D eigenvalue weighted by Crippen LogP contribution is 2.34. The summed E-state index contributed by atoms with van der Waals surface area (Å²) >= 11 is 0. The fraction of sp³-hybridized carbons (Fsp3) is 0.238. The lowest BCUT2D eigenvalue weighted by atomic mass is 10.1. The summed E-state index contributed by atoms with van der Waals surface area (Å²) in [5.74, 6) is 0.588. The number of aryl methyl sites for hydroxylation is 1. The first-order valence-electron chi connectivity index (χ1n) is 9.23. The zero-order chi connectivity index (χ0) is 21.5. The summed E-state index contributed by atoms with van der Waals surface area (Å²) in [7, 11) is -0.271. The molecule has 0 saturated heterocycles. The molecule has 1 aromatic heterocycles. The van der Waals surface area contributed by atoms with Gasteiger partial charge in [-0.25, -0.2) is 13.1 Å². The number of nitrogens with one attached hydrogen (secondary N) is 1. The molecule has 0 unspecified atom stereocenters. The Hall–Kier alpha value is -3.33. The third-order valence-electron chi connectivity index (χ3n) is 5.01. The number of nitrogens with zero attached hydrogens (tertiary/aromatic N) is 2. The summed E-state index contributed by atoms with van der Waals surface area (Å²) in [4.78, 5) is 13.0. The van der Waals surface area contributed by atoms with E-state index >= 15 is 0 Å². The van der Waals surface area contributed by atoms with E-state index in [1.807, 2.05) is 31.2 Å². The predicted octanol–water partition coefficient (Wildman–Crippen LogP) is 2.88. The topological polar surface area (TPSA) is 99.5 Å². The lowest BCUT2D eigenvalue weighted by Gasteiger charge is -2.14. The number of rotatable bonds is 5. The minimum Gasteiger partial charge on any atom is -0.493 e. The van der Waals surface area contributed by atoms with E-state index in [2.05, 4.69) is 10.4 Å². The molecule has 156 valence electrons. The maximum Gasteiger partial charge on any atom is 0.256 e. The first kappa shape index (κ1) is 20.0. The average molecular weight is 427 g/mol. The Morgan fingerprint density at radius 2 is 1.80 bits per heavy atom. The maximum atomic E-state index is 13.0. The van der Waals surface area contributed by atoms with E-state index in [1.165, 1.54) is 14.2 Å². The molecule has 2 heterocycles. The summed E-state index contributed by atoms with van der Waals surface area (Å²) in [6.45, 7) is 1.93. The number of sulfone groups is 1. The van der Waals surface area contributed by atoms with Crippen LogP contribution >= 0.6 is 0 Å². The van der Waals surface area contributed by atoms with Gasteiger partial charge in [-0.15, -0.1) is 0 Å². The standard InChI is InChI=1S/C21H21N3O5S/c1-13-6-4-5-7-17(13)24-20(15-11-30(26,27)12-16(15)23-24)22-21(25)14-8-9-18(28-2)19(10-14)29-3/h4-10H,11-12H2,1-3H3,(H,22,25). The van der Waals surface area contributed by atoms with E-state index < -0.39 is 15.7 Å². The second-order valence-electron chi connectivity index (χ2n) is 7.03. The van der Waals surface area contributed by atoms with Gasteiger partial charge in [0.1, 0.15) is 5.82 Å². The van der Waals surface area contributed by atoms with Crippen LogP contribution < -0.4 is 14.8 Å². The number of methoxy groups -OCH3 is 2. The van der Waals surface area contributed by atoms with Crippen LogP contribution in [0, 0.1) is 6.92 Å². The third-order valence-corrected chi connectivity index (χ3v) is 6.45. The Balaban J connectivity index is 1.77. The van der Waals surface area contributed by atoms with E-state index in [1.54, 1.807) is 22.9 Å². The number of carbonyl (C=O) groups is 1. The summed E-state index contributed by atoms with van der Waals surface area (Å²) < 4.78 is 36.4. The van der Waals surface area contributed by atoms with Crippen LogP contribution in [0.25, 0.3) is 5.69 Å². The number of hydrogen-bond donors (Lipinski definition) is 1. The predicted molar refractivity (Wildman–Crippen MR) is 112 cm³/mol. The van der Waals surface area contributed by atoms with Gasteiger partial charge < -0.3 is 14.8 Å². The Labute approximate surface area is 174 Å². The van der Waals surface area contributed by atoms with Crippen LogP contribution in [0.1, 0.15) is 27.2 Å². The Kier molecular flexibility index (Phi) is 4.98. The molecule has 0 fully saturated rings. The molecule has 1 aliphatic rings. The zero-order valence-corrected chi connectivity index (χ0v) is 17.6. The molecule has 0 saturated carbocycles. The smallest absolute Gasteiger partial charge is 0.256 e. The van der Waals surface area contributed by atoms with Crippen LogP contribution in [0.5, 0.6) is 11.5 Å². The Morgan fingerprint density at radius 3 is 2.50 bits per heavy atom. The number of hydrogen-bond acceptors (Lipinski definition) is 6. The molecule has 0 aliphatic carbocycles. The summed E-state index contributed by atoms with van der Waals surface area (Å²) in [6.07, 6.45) is 0.